The average molecular weight is 1380 g/mol. The summed E-state index contributed by atoms with van der Waals surface area (Å²) in [5.74, 6) is -7.47. The number of carboxylic acid groups (broad SMARTS) is 2. The summed E-state index contributed by atoms with van der Waals surface area (Å²) in [7, 11) is 2.90. The summed E-state index contributed by atoms with van der Waals surface area (Å²) < 4.78 is 16.8. The van der Waals surface area contributed by atoms with Gasteiger partial charge in [-0.2, -0.15) is 4.90 Å². The number of methoxy groups -OCH3 is 1. The van der Waals surface area contributed by atoms with Gasteiger partial charge in [0.05, 0.1) is 54.3 Å². The van der Waals surface area contributed by atoms with Gasteiger partial charge in [0, 0.05) is 46.1 Å². The standard InChI is InChI=1S/C59H56N14O14S6/c1-25(2)41-56-72-44(36(93-56)20-85-5)48(78)61-18-39(75)69-45(46(76)27-9-7-6-8-10-27)55-67-35(23-90-55)53-65-33(21-89-53)43-30(51-66-34(22-88-51)47(77)64-32(17-38(74)60-4)54-71-42(26(3)92-54)49(79)70-41)15-16-31(63-43)52-68-37(24-91-52)73(40-19-62-50(87-40)58(82)83)59(84)86-29-13-11-28(12-14-29)57(80)81/h6-10,15-16,19,21-25,28-29,32,41,45-46,76H,11-14,17-18,20H2,1-5H3,(H,60,74)(H,61,78)(H,64,77)(H,69,75)(H,70,79)(H,80,81)(H,82,83)/t28?,29?,32-,41-,45-,46-/m0/s1. The fourth-order valence-corrected chi connectivity index (χ4v) is 15.6. The molecule has 0 unspecified atom stereocenters. The average Bonchev–Trinajstić information content (AvgIpc) is 1.71. The molecule has 10 bridgehead atoms. The molecule has 93 heavy (non-hydrogen) atoms. The number of ether oxygens (including phenoxy) is 2. The van der Waals surface area contributed by atoms with Crippen LogP contribution in [0.4, 0.5) is 16.5 Å². The number of carbonyl (C=O) groups is 8. The van der Waals surface area contributed by atoms with Gasteiger partial charge in [0.15, 0.2) is 5.82 Å². The number of fused-ring (bicyclic) bond motifs is 14. The minimum Gasteiger partial charge on any atom is -0.481 e. The summed E-state index contributed by atoms with van der Waals surface area (Å²) in [6, 6.07) is 9.05. The van der Waals surface area contributed by atoms with Gasteiger partial charge in [0.2, 0.25) is 17.7 Å². The third-order valence-electron chi connectivity index (χ3n) is 14.8. The van der Waals surface area contributed by atoms with Crippen LogP contribution in [0.25, 0.3) is 43.4 Å². The third-order valence-corrected chi connectivity index (χ3v) is 20.6. The number of thiazole rings is 6. The number of aliphatic hydroxyl groups is 1. The molecule has 0 saturated heterocycles. The molecule has 9 aromatic rings. The van der Waals surface area contributed by atoms with Gasteiger partial charge in [-0.15, -0.1) is 68.0 Å². The molecule has 482 valence electrons. The topological polar surface area (TPSA) is 395 Å². The van der Waals surface area contributed by atoms with Crippen LogP contribution >= 0.6 is 68.0 Å². The van der Waals surface area contributed by atoms with E-state index < -0.39 is 96.3 Å². The van der Waals surface area contributed by atoms with Crippen LogP contribution in [0, 0.1) is 18.8 Å². The lowest BCUT2D eigenvalue weighted by atomic mass is 9.87. The number of hydrogen-bond donors (Lipinski definition) is 8. The number of aryl methyl sites for hydroxylation is 1. The van der Waals surface area contributed by atoms with Crippen molar-refractivity contribution in [2.75, 3.05) is 25.6 Å². The van der Waals surface area contributed by atoms with E-state index in [9.17, 15) is 53.7 Å². The number of hydrogen-bond acceptors (Lipinski definition) is 26. The molecule has 1 aliphatic heterocycles. The Balaban J connectivity index is 0.985. The summed E-state index contributed by atoms with van der Waals surface area (Å²) in [6.45, 7) is 4.84. The molecule has 8 N–H and O–H groups in total. The molecule has 8 aromatic heterocycles. The zero-order chi connectivity index (χ0) is 65.8. The highest BCUT2D eigenvalue weighted by Crippen LogP contribution is 2.41. The Morgan fingerprint density at radius 2 is 1.43 bits per heavy atom. The summed E-state index contributed by atoms with van der Waals surface area (Å²) in [4.78, 5) is 147. The fraction of sp³-hybridized carbons (Fsp3) is 0.322. The number of nitrogens with one attached hydrogen (secondary N) is 5. The number of aliphatic carboxylic acids is 1. The molecule has 0 spiro atoms. The van der Waals surface area contributed by atoms with Crippen LogP contribution < -0.4 is 31.5 Å². The maximum Gasteiger partial charge on any atom is 0.422 e. The first-order chi connectivity index (χ1) is 44.7. The van der Waals surface area contributed by atoms with E-state index in [1.54, 1.807) is 60.1 Å². The zero-order valence-corrected chi connectivity index (χ0v) is 54.6. The van der Waals surface area contributed by atoms with E-state index in [-0.39, 0.29) is 94.8 Å². The number of amides is 6. The van der Waals surface area contributed by atoms with Crippen molar-refractivity contribution in [3.8, 4) is 43.4 Å². The van der Waals surface area contributed by atoms with Gasteiger partial charge in [-0.3, -0.25) is 28.8 Å². The minimum atomic E-state index is -1.50. The SMILES string of the molecule is CNC(=O)C[C@@H]1NC(=O)c2csc(n2)-c2ccc(-c3nc(N(C(=O)OC4CCC(C(=O)O)CC4)c4cnc(C(=O)O)o4)cs3)nc2-c2csc(n2)-c2csc(n2)[C@H]([C@@H](O)c2ccccc2)NC(=O)CNC(=O)c2nc(sc2COC)[C@H](C(C)C)NC(=O)c2nc1sc2C. The summed E-state index contributed by atoms with van der Waals surface area (Å²) in [6.07, 6.45) is -1.14. The minimum absolute atomic E-state index is 0.0223. The Labute approximate surface area is 552 Å². The molecule has 28 nitrogen and oxygen atoms in total. The Bertz CT molecular complexity index is 4300. The maximum atomic E-state index is 14.4. The number of carboxylic acids is 2. The van der Waals surface area contributed by atoms with E-state index in [0.717, 1.165) is 67.8 Å². The molecule has 9 heterocycles. The molecule has 1 saturated carbocycles. The number of nitrogens with zero attached hydrogens (tertiary/aromatic N) is 9. The van der Waals surface area contributed by atoms with Crippen LogP contribution in [-0.2, 0) is 30.5 Å². The van der Waals surface area contributed by atoms with Crippen molar-refractivity contribution in [2.45, 2.75) is 89.8 Å². The molecule has 11 rings (SSSR count). The maximum absolute atomic E-state index is 14.4. The number of aromatic nitrogens is 8. The number of oxazole rings is 1. The molecular weight excluding hydrogens is 1320 g/mol. The Hall–Kier alpha value is -9.16. The lowest BCUT2D eigenvalue weighted by Gasteiger charge is -2.27. The number of pyridine rings is 1. The summed E-state index contributed by atoms with van der Waals surface area (Å²) in [5, 5.41) is 53.6. The van der Waals surface area contributed by atoms with Crippen LogP contribution in [0.15, 0.2) is 74.6 Å². The normalized spacial score (nSPS) is 18.3. The van der Waals surface area contributed by atoms with E-state index in [1.807, 2.05) is 13.8 Å². The molecule has 2 aliphatic rings. The first kappa shape index (κ1) is 65.3. The van der Waals surface area contributed by atoms with Crippen molar-refractivity contribution >= 4 is 127 Å². The lowest BCUT2D eigenvalue weighted by Crippen LogP contribution is -2.40. The summed E-state index contributed by atoms with van der Waals surface area (Å²) >= 11 is 6.78. The quantitative estimate of drug-likeness (QED) is 0.0533. The van der Waals surface area contributed by atoms with Crippen LogP contribution in [-0.4, -0.2) is 130 Å². The van der Waals surface area contributed by atoms with Gasteiger partial charge >= 0.3 is 23.9 Å². The third kappa shape index (κ3) is 14.6. The van der Waals surface area contributed by atoms with E-state index in [1.165, 1.54) is 36.3 Å². The number of carbonyl (C=O) groups excluding carboxylic acids is 6. The van der Waals surface area contributed by atoms with Crippen molar-refractivity contribution in [1.29, 1.82) is 0 Å². The van der Waals surface area contributed by atoms with Crippen molar-refractivity contribution in [3.05, 3.63) is 123 Å². The Morgan fingerprint density at radius 3 is 2.15 bits per heavy atom. The van der Waals surface area contributed by atoms with Crippen molar-refractivity contribution in [3.63, 3.8) is 0 Å². The van der Waals surface area contributed by atoms with E-state index in [4.69, 9.17) is 38.8 Å². The smallest absolute Gasteiger partial charge is 0.422 e. The summed E-state index contributed by atoms with van der Waals surface area (Å²) in [5.41, 5.74) is 2.02. The van der Waals surface area contributed by atoms with Crippen molar-refractivity contribution < 1.29 is 67.6 Å². The Morgan fingerprint density at radius 1 is 0.720 bits per heavy atom. The van der Waals surface area contributed by atoms with Crippen LogP contribution in [0.5, 0.6) is 0 Å². The predicted octanol–water partition coefficient (Wildman–Crippen LogP) is 8.92. The van der Waals surface area contributed by atoms with Gasteiger partial charge in [-0.05, 0) is 56.2 Å². The molecule has 1 aliphatic carbocycles. The number of anilines is 2. The van der Waals surface area contributed by atoms with Crippen molar-refractivity contribution in [1.82, 2.24) is 66.5 Å². The van der Waals surface area contributed by atoms with E-state index >= 15 is 0 Å². The Kier molecular flexibility index (Phi) is 19.9. The first-order valence-electron chi connectivity index (χ1n) is 28.6. The fourth-order valence-electron chi connectivity index (χ4n) is 10.1. The van der Waals surface area contributed by atoms with Crippen molar-refractivity contribution in [2.24, 2.45) is 11.8 Å². The number of benzene rings is 1. The van der Waals surface area contributed by atoms with Gasteiger partial charge in [-0.25, -0.2) is 49.5 Å². The zero-order valence-electron chi connectivity index (χ0n) is 49.7. The first-order valence-corrected chi connectivity index (χ1v) is 33.7. The largest absolute Gasteiger partial charge is 0.481 e. The lowest BCUT2D eigenvalue weighted by molar-refractivity contribution is -0.143. The van der Waals surface area contributed by atoms with Gasteiger partial charge in [0.1, 0.15) is 82.5 Å². The molecule has 0 radical (unpaired) electrons. The van der Waals surface area contributed by atoms with E-state index in [2.05, 4.69) is 41.5 Å². The van der Waals surface area contributed by atoms with Crippen LogP contribution in [0.2, 0.25) is 0 Å². The molecule has 1 fully saturated rings. The highest BCUT2D eigenvalue weighted by molar-refractivity contribution is 7.15. The van der Waals surface area contributed by atoms with Gasteiger partial charge in [-0.1, -0.05) is 44.2 Å². The van der Waals surface area contributed by atoms with Gasteiger partial charge < -0.3 is 55.8 Å². The highest BCUT2D eigenvalue weighted by Gasteiger charge is 2.36. The molecule has 4 atom stereocenters. The molecular formula is C59H56N14O14S6. The second-order valence-electron chi connectivity index (χ2n) is 21.5. The highest BCUT2D eigenvalue weighted by atomic mass is 32.1. The second-order valence-corrected chi connectivity index (χ2v) is 27.3. The number of rotatable bonds is 13. The van der Waals surface area contributed by atoms with E-state index in [0.29, 0.717) is 52.3 Å². The molecule has 1 aromatic carbocycles. The molecule has 34 heteroatoms. The van der Waals surface area contributed by atoms with Crippen LogP contribution in [0.3, 0.4) is 0 Å². The molecule has 6 amide bonds. The number of aromatic carboxylic acids is 1. The second kappa shape index (κ2) is 28.4. The van der Waals surface area contributed by atoms with Gasteiger partial charge in [0.25, 0.3) is 17.7 Å². The monoisotopic (exact) mass is 1380 g/mol. The number of aliphatic hydroxyl groups excluding tert-OH is 1. The van der Waals surface area contributed by atoms with Crippen LogP contribution in [0.1, 0.15) is 143 Å². The predicted molar refractivity (Wildman–Crippen MR) is 342 cm³/mol.